The average Bonchev–Trinajstić information content (AvgIpc) is 3.27. The van der Waals surface area contributed by atoms with E-state index in [1.807, 2.05) is 12.1 Å². The molecule has 4 aromatic rings. The first-order valence-corrected chi connectivity index (χ1v) is 12.0. The molecule has 0 bridgehead atoms. The molecule has 0 radical (unpaired) electrons. The summed E-state index contributed by atoms with van der Waals surface area (Å²) in [5.74, 6) is -0.769. The first-order valence-electron chi connectivity index (χ1n) is 12.0. The van der Waals surface area contributed by atoms with Gasteiger partial charge in [0.2, 0.25) is 0 Å². The molecule has 0 saturated carbocycles. The van der Waals surface area contributed by atoms with E-state index in [4.69, 9.17) is 9.47 Å². The van der Waals surface area contributed by atoms with Crippen LogP contribution < -0.4 is 15.4 Å². The number of carbonyl (C=O) groups excluding carboxylic acids is 2. The number of amides is 2. The Balaban J connectivity index is 1.52. The fourth-order valence-electron chi connectivity index (χ4n) is 3.63. The number of alkyl carbamates (subject to hydrolysis) is 1. The van der Waals surface area contributed by atoms with Crippen molar-refractivity contribution in [2.24, 2.45) is 0 Å². The lowest BCUT2D eigenvalue weighted by Crippen LogP contribution is -2.32. The Morgan fingerprint density at radius 3 is 2.45 bits per heavy atom. The van der Waals surface area contributed by atoms with E-state index in [1.165, 1.54) is 16.8 Å². The highest BCUT2D eigenvalue weighted by atomic mass is 19.1. The number of aromatic nitrogens is 2. The summed E-state index contributed by atoms with van der Waals surface area (Å²) < 4.78 is 27.5. The highest BCUT2D eigenvalue weighted by Crippen LogP contribution is 2.29. The van der Waals surface area contributed by atoms with Gasteiger partial charge in [0.05, 0.1) is 17.1 Å². The molecule has 2 N–H and O–H groups in total. The van der Waals surface area contributed by atoms with Crippen LogP contribution in [0.5, 0.6) is 11.5 Å². The minimum absolute atomic E-state index is 0.0103. The fraction of sp³-hybridized carbons (Fsp3) is 0.207. The molecule has 8 nitrogen and oxygen atoms in total. The highest BCUT2D eigenvalue weighted by Gasteiger charge is 2.19. The zero-order valence-electron chi connectivity index (χ0n) is 21.6. The summed E-state index contributed by atoms with van der Waals surface area (Å²) in [7, 11) is 0. The monoisotopic (exact) mass is 516 g/mol. The number of hydrogen-bond donors (Lipinski definition) is 2. The van der Waals surface area contributed by atoms with Crippen molar-refractivity contribution in [3.8, 4) is 17.2 Å². The van der Waals surface area contributed by atoms with Crippen LogP contribution >= 0.6 is 0 Å². The molecule has 0 aliphatic heterocycles. The van der Waals surface area contributed by atoms with Crippen molar-refractivity contribution in [1.29, 1.82) is 0 Å². The molecule has 196 valence electrons. The number of ether oxygens (including phenoxy) is 2. The van der Waals surface area contributed by atoms with Gasteiger partial charge in [-0.3, -0.25) is 4.79 Å². The Labute approximate surface area is 220 Å². The van der Waals surface area contributed by atoms with Crippen LogP contribution in [0.2, 0.25) is 0 Å². The lowest BCUT2D eigenvalue weighted by molar-refractivity contribution is 0.0523. The van der Waals surface area contributed by atoms with Crippen LogP contribution in [-0.4, -0.2) is 27.4 Å². The average molecular weight is 517 g/mol. The molecule has 3 aromatic carbocycles. The molecule has 4 rings (SSSR count). The van der Waals surface area contributed by atoms with E-state index in [0.29, 0.717) is 17.1 Å². The minimum atomic E-state index is -0.692. The van der Waals surface area contributed by atoms with Crippen LogP contribution in [0.15, 0.2) is 78.9 Å². The maximum atomic E-state index is 15.2. The van der Waals surface area contributed by atoms with Crippen molar-refractivity contribution < 1.29 is 23.5 Å². The van der Waals surface area contributed by atoms with Gasteiger partial charge in [0.1, 0.15) is 17.0 Å². The molecule has 0 aliphatic carbocycles. The molecular weight excluding hydrogens is 487 g/mol. The molecule has 0 fully saturated rings. The van der Waals surface area contributed by atoms with Crippen molar-refractivity contribution in [3.05, 3.63) is 102 Å². The van der Waals surface area contributed by atoms with E-state index in [0.717, 1.165) is 5.56 Å². The van der Waals surface area contributed by atoms with E-state index in [2.05, 4.69) is 15.7 Å². The number of hydrogen-bond acceptors (Lipinski definition) is 5. The van der Waals surface area contributed by atoms with Gasteiger partial charge in [-0.1, -0.05) is 36.4 Å². The quantitative estimate of drug-likeness (QED) is 0.297. The number of benzene rings is 3. The van der Waals surface area contributed by atoms with Crippen LogP contribution in [0.25, 0.3) is 5.69 Å². The van der Waals surface area contributed by atoms with E-state index in [1.54, 1.807) is 82.3 Å². The fourth-order valence-corrected chi connectivity index (χ4v) is 3.63. The standard InChI is InChI=1S/C29H29FN4O4/c1-19-16-24(27(35)32-23-14-9-15-25(26(23)30)37-22-12-6-5-7-13-22)34(33-19)21-11-8-10-20(17-21)18-31-28(36)38-29(2,3)4/h5-17H,18H2,1-4H3,(H,31,36)(H,32,35). The van der Waals surface area contributed by atoms with E-state index >= 15 is 4.39 Å². The number of nitrogens with zero attached hydrogens (tertiary/aromatic N) is 2. The molecule has 38 heavy (non-hydrogen) atoms. The Hall–Kier alpha value is -4.66. The third kappa shape index (κ3) is 6.76. The van der Waals surface area contributed by atoms with Gasteiger partial charge in [-0.05, 0) is 75.7 Å². The van der Waals surface area contributed by atoms with Crippen LogP contribution in [0, 0.1) is 12.7 Å². The second kappa shape index (κ2) is 11.2. The van der Waals surface area contributed by atoms with Crippen molar-refractivity contribution in [2.45, 2.75) is 39.8 Å². The van der Waals surface area contributed by atoms with E-state index in [9.17, 15) is 9.59 Å². The Kier molecular flexibility index (Phi) is 7.76. The number of halogens is 1. The molecule has 2 amide bonds. The summed E-state index contributed by atoms with van der Waals surface area (Å²) in [6.07, 6.45) is -0.529. The van der Waals surface area contributed by atoms with Gasteiger partial charge in [-0.15, -0.1) is 0 Å². The van der Waals surface area contributed by atoms with Crippen LogP contribution in [0.1, 0.15) is 42.5 Å². The second-order valence-corrected chi connectivity index (χ2v) is 9.60. The van der Waals surface area contributed by atoms with Gasteiger partial charge in [0.15, 0.2) is 11.6 Å². The van der Waals surface area contributed by atoms with Crippen molar-refractivity contribution in [3.63, 3.8) is 0 Å². The number of aryl methyl sites for hydroxylation is 1. The van der Waals surface area contributed by atoms with Crippen LogP contribution in [0.4, 0.5) is 14.9 Å². The van der Waals surface area contributed by atoms with Gasteiger partial charge >= 0.3 is 6.09 Å². The maximum absolute atomic E-state index is 15.2. The summed E-state index contributed by atoms with van der Waals surface area (Å²) in [5, 5.41) is 9.79. The Morgan fingerprint density at radius 1 is 0.974 bits per heavy atom. The SMILES string of the molecule is Cc1cc(C(=O)Nc2cccc(Oc3ccccc3)c2F)n(-c2cccc(CNC(=O)OC(C)(C)C)c2)n1. The molecule has 0 unspecified atom stereocenters. The Bertz CT molecular complexity index is 1440. The van der Waals surface area contributed by atoms with E-state index < -0.39 is 23.4 Å². The lowest BCUT2D eigenvalue weighted by atomic mass is 10.2. The normalized spacial score (nSPS) is 11.1. The van der Waals surface area contributed by atoms with Crippen molar-refractivity contribution in [1.82, 2.24) is 15.1 Å². The third-order valence-corrected chi connectivity index (χ3v) is 5.24. The molecule has 1 aromatic heterocycles. The zero-order chi connectivity index (χ0) is 27.3. The zero-order valence-corrected chi connectivity index (χ0v) is 21.6. The largest absolute Gasteiger partial charge is 0.454 e. The van der Waals surface area contributed by atoms with Gasteiger partial charge in [-0.2, -0.15) is 5.10 Å². The smallest absolute Gasteiger partial charge is 0.407 e. The van der Waals surface area contributed by atoms with Crippen molar-refractivity contribution in [2.75, 3.05) is 5.32 Å². The number of rotatable bonds is 7. The first-order chi connectivity index (χ1) is 18.1. The van der Waals surface area contributed by atoms with Crippen LogP contribution in [0.3, 0.4) is 0 Å². The molecule has 0 aliphatic rings. The molecule has 0 spiro atoms. The number of anilines is 1. The van der Waals surface area contributed by atoms with Gasteiger partial charge in [0.25, 0.3) is 5.91 Å². The number of para-hydroxylation sites is 1. The molecule has 0 saturated heterocycles. The summed E-state index contributed by atoms with van der Waals surface area (Å²) in [4.78, 5) is 25.2. The number of nitrogens with one attached hydrogen (secondary N) is 2. The van der Waals surface area contributed by atoms with Crippen LogP contribution in [-0.2, 0) is 11.3 Å². The Morgan fingerprint density at radius 2 is 1.71 bits per heavy atom. The summed E-state index contributed by atoms with van der Waals surface area (Å²) >= 11 is 0. The topological polar surface area (TPSA) is 94.5 Å². The molecule has 0 atom stereocenters. The predicted molar refractivity (Wildman–Crippen MR) is 142 cm³/mol. The first kappa shape index (κ1) is 26.4. The highest BCUT2D eigenvalue weighted by molar-refractivity contribution is 6.03. The second-order valence-electron chi connectivity index (χ2n) is 9.60. The lowest BCUT2D eigenvalue weighted by Gasteiger charge is -2.19. The maximum Gasteiger partial charge on any atom is 0.407 e. The molecular formula is C29H29FN4O4. The molecule has 9 heteroatoms. The minimum Gasteiger partial charge on any atom is -0.454 e. The molecule has 1 heterocycles. The summed E-state index contributed by atoms with van der Waals surface area (Å²) in [6.45, 7) is 7.36. The van der Waals surface area contributed by atoms with Gasteiger partial charge in [0, 0.05) is 6.54 Å². The predicted octanol–water partition coefficient (Wildman–Crippen LogP) is 6.39. The number of carbonyl (C=O) groups is 2. The van der Waals surface area contributed by atoms with Gasteiger partial charge in [-0.25, -0.2) is 13.9 Å². The van der Waals surface area contributed by atoms with Crippen molar-refractivity contribution >= 4 is 17.7 Å². The van der Waals surface area contributed by atoms with Gasteiger partial charge < -0.3 is 20.1 Å². The summed E-state index contributed by atoms with van der Waals surface area (Å²) in [6, 6.07) is 22.2. The van der Waals surface area contributed by atoms with E-state index in [-0.39, 0.29) is 23.7 Å². The third-order valence-electron chi connectivity index (χ3n) is 5.24. The summed E-state index contributed by atoms with van der Waals surface area (Å²) in [5.41, 5.74) is 1.58.